The lowest BCUT2D eigenvalue weighted by molar-refractivity contribution is 0.182. The standard InChI is InChI=1S/C9H15NO/c11-6-8-3-1-2-7-4-10-5-9(7)8/h2,8-11H,1,3-6H2. The van der Waals surface area contributed by atoms with Crippen LogP contribution in [0.1, 0.15) is 12.8 Å². The molecule has 0 aromatic carbocycles. The molecular weight excluding hydrogens is 138 g/mol. The molecule has 1 heterocycles. The fourth-order valence-corrected chi connectivity index (χ4v) is 2.23. The Balaban J connectivity index is 2.12. The summed E-state index contributed by atoms with van der Waals surface area (Å²) in [4.78, 5) is 0. The molecule has 0 aromatic heterocycles. The quantitative estimate of drug-likeness (QED) is 0.539. The minimum Gasteiger partial charge on any atom is -0.396 e. The van der Waals surface area contributed by atoms with E-state index >= 15 is 0 Å². The van der Waals surface area contributed by atoms with Crippen LogP contribution in [0.25, 0.3) is 0 Å². The molecule has 1 aliphatic carbocycles. The lowest BCUT2D eigenvalue weighted by atomic mass is 9.81. The van der Waals surface area contributed by atoms with Crippen molar-refractivity contribution in [1.82, 2.24) is 5.32 Å². The van der Waals surface area contributed by atoms with Crippen LogP contribution in [0.4, 0.5) is 0 Å². The Bertz CT molecular complexity index is 176. The molecule has 2 N–H and O–H groups in total. The topological polar surface area (TPSA) is 32.3 Å². The van der Waals surface area contributed by atoms with Crippen molar-refractivity contribution < 1.29 is 5.11 Å². The molecule has 2 nitrogen and oxygen atoms in total. The molecule has 0 amide bonds. The van der Waals surface area contributed by atoms with Gasteiger partial charge < -0.3 is 10.4 Å². The smallest absolute Gasteiger partial charge is 0.0465 e. The van der Waals surface area contributed by atoms with Crippen LogP contribution >= 0.6 is 0 Å². The van der Waals surface area contributed by atoms with Gasteiger partial charge in [0.2, 0.25) is 0 Å². The third-order valence-corrected chi connectivity index (χ3v) is 2.92. The molecule has 2 atom stereocenters. The van der Waals surface area contributed by atoms with E-state index in [9.17, 15) is 0 Å². The molecule has 1 fully saturated rings. The first-order valence-corrected chi connectivity index (χ1v) is 4.42. The van der Waals surface area contributed by atoms with Gasteiger partial charge in [-0.3, -0.25) is 0 Å². The maximum absolute atomic E-state index is 9.08. The second kappa shape index (κ2) is 2.95. The number of nitrogens with one attached hydrogen (secondary N) is 1. The van der Waals surface area contributed by atoms with Gasteiger partial charge in [0, 0.05) is 19.7 Å². The number of allylic oxidation sites excluding steroid dienone is 1. The summed E-state index contributed by atoms with van der Waals surface area (Å²) in [6.07, 6.45) is 4.68. The second-order valence-electron chi connectivity index (χ2n) is 3.54. The zero-order valence-electron chi connectivity index (χ0n) is 6.71. The number of aliphatic hydroxyl groups excluding tert-OH is 1. The minimum atomic E-state index is 0.365. The van der Waals surface area contributed by atoms with E-state index in [1.165, 1.54) is 18.4 Å². The van der Waals surface area contributed by atoms with Crippen molar-refractivity contribution in [3.8, 4) is 0 Å². The third-order valence-electron chi connectivity index (χ3n) is 2.92. The van der Waals surface area contributed by atoms with Crippen LogP contribution < -0.4 is 5.32 Å². The molecule has 0 radical (unpaired) electrons. The van der Waals surface area contributed by atoms with Gasteiger partial charge in [0.05, 0.1) is 0 Å². The van der Waals surface area contributed by atoms with Crippen molar-refractivity contribution in [3.63, 3.8) is 0 Å². The van der Waals surface area contributed by atoms with Gasteiger partial charge in [0.15, 0.2) is 0 Å². The van der Waals surface area contributed by atoms with Crippen molar-refractivity contribution in [2.75, 3.05) is 19.7 Å². The fraction of sp³-hybridized carbons (Fsp3) is 0.778. The molecule has 0 aromatic rings. The molecule has 62 valence electrons. The Kier molecular flexibility index (Phi) is 1.96. The summed E-state index contributed by atoms with van der Waals surface area (Å²) < 4.78 is 0. The highest BCUT2D eigenvalue weighted by atomic mass is 16.3. The Hall–Kier alpha value is -0.340. The van der Waals surface area contributed by atoms with E-state index < -0.39 is 0 Å². The second-order valence-corrected chi connectivity index (χ2v) is 3.54. The molecular formula is C9H15NO. The molecule has 1 aliphatic heterocycles. The van der Waals surface area contributed by atoms with E-state index in [0.29, 0.717) is 18.4 Å². The largest absolute Gasteiger partial charge is 0.396 e. The van der Waals surface area contributed by atoms with E-state index in [4.69, 9.17) is 5.11 Å². The molecule has 2 unspecified atom stereocenters. The number of hydrogen-bond donors (Lipinski definition) is 2. The van der Waals surface area contributed by atoms with Gasteiger partial charge in [0.25, 0.3) is 0 Å². The molecule has 11 heavy (non-hydrogen) atoms. The Morgan fingerprint density at radius 2 is 2.55 bits per heavy atom. The van der Waals surface area contributed by atoms with Gasteiger partial charge in [0.1, 0.15) is 0 Å². The van der Waals surface area contributed by atoms with Crippen LogP contribution in [0.15, 0.2) is 11.6 Å². The summed E-state index contributed by atoms with van der Waals surface area (Å²) in [5.74, 6) is 1.18. The molecule has 0 saturated carbocycles. The summed E-state index contributed by atoms with van der Waals surface area (Å²) in [6.45, 7) is 2.50. The average molecular weight is 153 g/mol. The van der Waals surface area contributed by atoms with Crippen molar-refractivity contribution in [1.29, 1.82) is 0 Å². The van der Waals surface area contributed by atoms with Gasteiger partial charge in [-0.25, -0.2) is 0 Å². The summed E-state index contributed by atoms with van der Waals surface area (Å²) in [7, 11) is 0. The Labute approximate surface area is 67.3 Å². The first-order chi connectivity index (χ1) is 5.42. The minimum absolute atomic E-state index is 0.365. The van der Waals surface area contributed by atoms with Gasteiger partial charge in [-0.15, -0.1) is 0 Å². The zero-order valence-corrected chi connectivity index (χ0v) is 6.71. The van der Waals surface area contributed by atoms with Gasteiger partial charge in [-0.05, 0) is 24.7 Å². The van der Waals surface area contributed by atoms with Gasteiger partial charge in [-0.1, -0.05) is 11.6 Å². The van der Waals surface area contributed by atoms with Gasteiger partial charge in [-0.2, -0.15) is 0 Å². The van der Waals surface area contributed by atoms with E-state index in [2.05, 4.69) is 11.4 Å². The normalized spacial score (nSPS) is 36.6. The van der Waals surface area contributed by atoms with Crippen molar-refractivity contribution in [2.45, 2.75) is 12.8 Å². The maximum Gasteiger partial charge on any atom is 0.0465 e. The fourth-order valence-electron chi connectivity index (χ4n) is 2.23. The maximum atomic E-state index is 9.08. The van der Waals surface area contributed by atoms with Crippen molar-refractivity contribution in [2.24, 2.45) is 11.8 Å². The van der Waals surface area contributed by atoms with Crippen molar-refractivity contribution >= 4 is 0 Å². The summed E-state index contributed by atoms with van der Waals surface area (Å²) in [5, 5.41) is 12.4. The highest BCUT2D eigenvalue weighted by Gasteiger charge is 2.30. The Morgan fingerprint density at radius 3 is 3.36 bits per heavy atom. The highest BCUT2D eigenvalue weighted by molar-refractivity contribution is 5.18. The molecule has 0 bridgehead atoms. The zero-order chi connectivity index (χ0) is 7.68. The van der Waals surface area contributed by atoms with E-state index in [1.807, 2.05) is 0 Å². The van der Waals surface area contributed by atoms with Crippen LogP contribution in [0, 0.1) is 11.8 Å². The molecule has 2 heteroatoms. The lowest BCUT2D eigenvalue weighted by Crippen LogP contribution is -2.23. The number of hydrogen-bond acceptors (Lipinski definition) is 2. The molecule has 2 rings (SSSR count). The monoisotopic (exact) mass is 153 g/mol. The van der Waals surface area contributed by atoms with E-state index in [1.54, 1.807) is 0 Å². The first-order valence-electron chi connectivity index (χ1n) is 4.42. The number of aliphatic hydroxyl groups is 1. The van der Waals surface area contributed by atoms with Crippen LogP contribution in [0.2, 0.25) is 0 Å². The van der Waals surface area contributed by atoms with Crippen LogP contribution in [-0.4, -0.2) is 24.8 Å². The predicted molar refractivity (Wildman–Crippen MR) is 44.3 cm³/mol. The summed E-state index contributed by atoms with van der Waals surface area (Å²) in [5.41, 5.74) is 1.54. The summed E-state index contributed by atoms with van der Waals surface area (Å²) in [6, 6.07) is 0. The number of rotatable bonds is 1. The van der Waals surface area contributed by atoms with Crippen molar-refractivity contribution in [3.05, 3.63) is 11.6 Å². The van der Waals surface area contributed by atoms with Gasteiger partial charge >= 0.3 is 0 Å². The predicted octanol–water partition coefficient (Wildman–Crippen LogP) is 0.534. The molecule has 1 saturated heterocycles. The Morgan fingerprint density at radius 1 is 1.64 bits per heavy atom. The lowest BCUT2D eigenvalue weighted by Gasteiger charge is -2.25. The first kappa shape index (κ1) is 7.32. The average Bonchev–Trinajstić information content (AvgIpc) is 2.50. The van der Waals surface area contributed by atoms with Crippen LogP contribution in [-0.2, 0) is 0 Å². The van der Waals surface area contributed by atoms with Crippen LogP contribution in [0.5, 0.6) is 0 Å². The van der Waals surface area contributed by atoms with Crippen LogP contribution in [0.3, 0.4) is 0 Å². The highest BCUT2D eigenvalue weighted by Crippen LogP contribution is 2.32. The molecule has 0 spiro atoms. The number of fused-ring (bicyclic) bond motifs is 1. The third kappa shape index (κ3) is 1.21. The summed E-state index contributed by atoms with van der Waals surface area (Å²) >= 11 is 0. The van der Waals surface area contributed by atoms with E-state index in [-0.39, 0.29) is 0 Å². The molecule has 2 aliphatic rings. The SMILES string of the molecule is OCC1CCC=C2CNCC21. The van der Waals surface area contributed by atoms with E-state index in [0.717, 1.165) is 13.1 Å².